The zero-order valence-corrected chi connectivity index (χ0v) is 8.09. The minimum absolute atomic E-state index is 0.557. The van der Waals surface area contributed by atoms with Gasteiger partial charge in [-0.25, -0.2) is 0 Å². The quantitative estimate of drug-likeness (QED) is 0.743. The van der Waals surface area contributed by atoms with Crippen LogP contribution in [0, 0.1) is 18.3 Å². The summed E-state index contributed by atoms with van der Waals surface area (Å²) in [4.78, 5) is 3.18. The Morgan fingerprint density at radius 1 is 1.36 bits per heavy atom. The second-order valence-electron chi connectivity index (χ2n) is 3.20. The summed E-state index contributed by atoms with van der Waals surface area (Å²) in [7, 11) is 1.57. The summed E-state index contributed by atoms with van der Waals surface area (Å²) in [6.45, 7) is 1.98. The molecule has 2 rings (SSSR count). The molecule has 14 heavy (non-hydrogen) atoms. The van der Waals surface area contributed by atoms with E-state index in [-0.39, 0.29) is 0 Å². The molecule has 0 aliphatic heterocycles. The van der Waals surface area contributed by atoms with Crippen LogP contribution in [0.1, 0.15) is 11.3 Å². The molecular weight excluding hydrogens is 176 g/mol. The van der Waals surface area contributed by atoms with Gasteiger partial charge in [0, 0.05) is 16.6 Å². The Hall–Kier alpha value is -1.95. The molecule has 0 saturated carbocycles. The van der Waals surface area contributed by atoms with Gasteiger partial charge in [-0.05, 0) is 25.1 Å². The number of hydrogen-bond donors (Lipinski definition) is 1. The summed E-state index contributed by atoms with van der Waals surface area (Å²) in [5, 5.41) is 9.94. The van der Waals surface area contributed by atoms with Crippen molar-refractivity contribution in [2.45, 2.75) is 6.92 Å². The largest absolute Gasteiger partial charge is 0.495 e. The maximum Gasteiger partial charge on any atom is 0.137 e. The zero-order valence-electron chi connectivity index (χ0n) is 8.09. The number of hydrogen-bond acceptors (Lipinski definition) is 2. The lowest BCUT2D eigenvalue weighted by Gasteiger charge is -2.01. The van der Waals surface area contributed by atoms with E-state index in [1.807, 2.05) is 19.1 Å². The molecule has 0 unspecified atom stereocenters. The topological polar surface area (TPSA) is 48.8 Å². The Morgan fingerprint density at radius 2 is 2.14 bits per heavy atom. The molecule has 0 amide bonds. The van der Waals surface area contributed by atoms with Crippen LogP contribution in [0.2, 0.25) is 0 Å². The molecule has 0 atom stereocenters. The van der Waals surface area contributed by atoms with Crippen molar-refractivity contribution in [2.75, 3.05) is 7.11 Å². The van der Waals surface area contributed by atoms with Gasteiger partial charge in [0.15, 0.2) is 0 Å². The van der Waals surface area contributed by atoms with E-state index in [4.69, 9.17) is 10.00 Å². The second-order valence-corrected chi connectivity index (χ2v) is 3.20. The average Bonchev–Trinajstić information content (AvgIpc) is 2.54. The normalized spacial score (nSPS) is 10.1. The lowest BCUT2D eigenvalue weighted by molar-refractivity contribution is 0.414. The fraction of sp³-hybridized carbons (Fsp3) is 0.182. The second kappa shape index (κ2) is 3.08. The van der Waals surface area contributed by atoms with Crippen LogP contribution in [-0.4, -0.2) is 12.1 Å². The monoisotopic (exact) mass is 186 g/mol. The molecule has 1 heterocycles. The number of nitrogens with zero attached hydrogens (tertiary/aromatic N) is 1. The van der Waals surface area contributed by atoms with Crippen molar-refractivity contribution in [3.05, 3.63) is 29.5 Å². The van der Waals surface area contributed by atoms with Crippen molar-refractivity contribution in [1.29, 1.82) is 5.26 Å². The Bertz CT molecular complexity index is 520. The van der Waals surface area contributed by atoms with Gasteiger partial charge in [-0.15, -0.1) is 0 Å². The number of aromatic amines is 1. The molecule has 70 valence electrons. The van der Waals surface area contributed by atoms with Crippen molar-refractivity contribution in [1.82, 2.24) is 4.98 Å². The number of H-pyrrole nitrogens is 1. The van der Waals surface area contributed by atoms with Crippen LogP contribution in [-0.2, 0) is 0 Å². The van der Waals surface area contributed by atoms with E-state index in [1.54, 1.807) is 13.2 Å². The van der Waals surface area contributed by atoms with Crippen LogP contribution in [0.15, 0.2) is 18.2 Å². The van der Waals surface area contributed by atoms with Gasteiger partial charge < -0.3 is 9.72 Å². The van der Waals surface area contributed by atoms with Gasteiger partial charge in [0.25, 0.3) is 0 Å². The van der Waals surface area contributed by atoms with Crippen LogP contribution >= 0.6 is 0 Å². The van der Waals surface area contributed by atoms with Crippen LogP contribution in [0.4, 0.5) is 0 Å². The predicted molar refractivity (Wildman–Crippen MR) is 54.3 cm³/mol. The minimum Gasteiger partial charge on any atom is -0.495 e. The van der Waals surface area contributed by atoms with Gasteiger partial charge in [0.05, 0.1) is 12.7 Å². The summed E-state index contributed by atoms with van der Waals surface area (Å²) >= 11 is 0. The fourth-order valence-electron chi connectivity index (χ4n) is 1.56. The van der Waals surface area contributed by atoms with Gasteiger partial charge in [-0.2, -0.15) is 5.26 Å². The number of methoxy groups -OCH3 is 1. The van der Waals surface area contributed by atoms with Gasteiger partial charge >= 0.3 is 0 Å². The Balaban J connectivity index is 2.76. The van der Waals surface area contributed by atoms with E-state index in [2.05, 4.69) is 11.1 Å². The van der Waals surface area contributed by atoms with Gasteiger partial charge in [0.2, 0.25) is 0 Å². The molecule has 0 radical (unpaired) electrons. The number of aromatic nitrogens is 1. The molecule has 1 aromatic heterocycles. The highest BCUT2D eigenvalue weighted by molar-refractivity contribution is 5.84. The van der Waals surface area contributed by atoms with E-state index < -0.39 is 0 Å². The lowest BCUT2D eigenvalue weighted by atomic mass is 10.1. The highest BCUT2D eigenvalue weighted by atomic mass is 16.5. The van der Waals surface area contributed by atoms with E-state index in [9.17, 15) is 0 Å². The van der Waals surface area contributed by atoms with Gasteiger partial charge in [-0.1, -0.05) is 0 Å². The molecule has 0 fully saturated rings. The summed E-state index contributed by atoms with van der Waals surface area (Å²) in [6, 6.07) is 7.81. The maximum absolute atomic E-state index is 8.87. The molecular formula is C11H10N2O. The van der Waals surface area contributed by atoms with Crippen molar-refractivity contribution >= 4 is 10.9 Å². The fourth-order valence-corrected chi connectivity index (χ4v) is 1.56. The van der Waals surface area contributed by atoms with Crippen molar-refractivity contribution < 1.29 is 4.74 Å². The third kappa shape index (κ3) is 1.21. The molecule has 3 heteroatoms. The molecule has 1 N–H and O–H groups in total. The first-order valence-electron chi connectivity index (χ1n) is 4.32. The third-order valence-corrected chi connectivity index (χ3v) is 2.20. The summed E-state index contributed by atoms with van der Waals surface area (Å²) in [5.41, 5.74) is 2.61. The summed E-state index contributed by atoms with van der Waals surface area (Å²) < 4.78 is 5.12. The molecule has 0 spiro atoms. The molecule has 0 bridgehead atoms. The Labute approximate surface area is 81.9 Å². The average molecular weight is 186 g/mol. The number of ether oxygens (including phenoxy) is 1. The summed E-state index contributed by atoms with van der Waals surface area (Å²) in [6.07, 6.45) is 0. The zero-order chi connectivity index (χ0) is 10.1. The standard InChI is InChI=1S/C11H10N2O/c1-7-3-8-5-11(14-2)9(6-12)4-10(8)13-7/h3-5,13H,1-2H3. The van der Waals surface area contributed by atoms with Crippen molar-refractivity contribution in [3.63, 3.8) is 0 Å². The first-order valence-corrected chi connectivity index (χ1v) is 4.32. The minimum atomic E-state index is 0.557. The van der Waals surface area contributed by atoms with Crippen LogP contribution in [0.25, 0.3) is 10.9 Å². The van der Waals surface area contributed by atoms with Crippen LogP contribution in [0.5, 0.6) is 5.75 Å². The number of rotatable bonds is 1. The van der Waals surface area contributed by atoms with E-state index >= 15 is 0 Å². The SMILES string of the molecule is COc1cc2cc(C)[nH]c2cc1C#N. The third-order valence-electron chi connectivity index (χ3n) is 2.20. The number of fused-ring (bicyclic) bond motifs is 1. The molecule has 0 aliphatic rings. The smallest absolute Gasteiger partial charge is 0.137 e. The first-order chi connectivity index (χ1) is 6.74. The summed E-state index contributed by atoms with van der Waals surface area (Å²) in [5.74, 6) is 0.624. The number of nitriles is 1. The first kappa shape index (κ1) is 8.64. The molecule has 3 nitrogen and oxygen atoms in total. The lowest BCUT2D eigenvalue weighted by Crippen LogP contribution is -1.87. The van der Waals surface area contributed by atoms with E-state index in [0.29, 0.717) is 11.3 Å². The van der Waals surface area contributed by atoms with Gasteiger partial charge in [-0.3, -0.25) is 0 Å². The Kier molecular flexibility index (Phi) is 1.90. The van der Waals surface area contributed by atoms with Gasteiger partial charge in [0.1, 0.15) is 11.8 Å². The molecule has 2 aromatic rings. The number of aryl methyl sites for hydroxylation is 1. The van der Waals surface area contributed by atoms with E-state index in [0.717, 1.165) is 16.6 Å². The maximum atomic E-state index is 8.87. The van der Waals surface area contributed by atoms with Crippen LogP contribution < -0.4 is 4.74 Å². The van der Waals surface area contributed by atoms with Crippen molar-refractivity contribution in [3.8, 4) is 11.8 Å². The molecule has 0 aliphatic carbocycles. The van der Waals surface area contributed by atoms with Crippen LogP contribution in [0.3, 0.4) is 0 Å². The van der Waals surface area contributed by atoms with Crippen molar-refractivity contribution in [2.24, 2.45) is 0 Å². The molecule has 1 aromatic carbocycles. The Morgan fingerprint density at radius 3 is 2.79 bits per heavy atom. The number of benzene rings is 1. The van der Waals surface area contributed by atoms with E-state index in [1.165, 1.54) is 0 Å². The highest BCUT2D eigenvalue weighted by Gasteiger charge is 2.05. The molecule has 0 saturated heterocycles. The number of nitrogens with one attached hydrogen (secondary N) is 1. The highest BCUT2D eigenvalue weighted by Crippen LogP contribution is 2.25. The predicted octanol–water partition coefficient (Wildman–Crippen LogP) is 2.36.